The number of fused-ring (bicyclic) bond motifs is 2. The molecule has 1 fully saturated rings. The normalized spacial score (nSPS) is 13.5. The predicted octanol–water partition coefficient (Wildman–Crippen LogP) is 8.31. The Hall–Kier alpha value is -6.43. The SMILES string of the molecule is O=C(COc1ccc(C(=O)c2cc3cccnc3nc2-c2ccccc2)cc1)N=Nc1c(O)n(CN2CCN(c3ccc(Cl)cc3)CC2)c2ccccc12. The minimum atomic E-state index is -0.631. The van der Waals surface area contributed by atoms with Crippen LogP contribution < -0.4 is 9.64 Å². The molecule has 1 amide bonds. The third kappa shape index (κ3) is 7.27. The molecule has 8 rings (SSSR count). The van der Waals surface area contributed by atoms with Crippen LogP contribution >= 0.6 is 11.6 Å². The van der Waals surface area contributed by atoms with Crippen molar-refractivity contribution in [2.24, 2.45) is 10.2 Å². The molecule has 4 heterocycles. The molecule has 1 aliphatic rings. The first kappa shape index (κ1) is 34.6. The fourth-order valence-corrected chi connectivity index (χ4v) is 6.77. The van der Waals surface area contributed by atoms with Gasteiger partial charge in [-0.3, -0.25) is 19.1 Å². The van der Waals surface area contributed by atoms with Gasteiger partial charge in [0.2, 0.25) is 5.88 Å². The molecule has 0 atom stereocenters. The van der Waals surface area contributed by atoms with Crippen LogP contribution in [0.3, 0.4) is 0 Å². The van der Waals surface area contributed by atoms with E-state index in [1.807, 2.05) is 97.1 Å². The third-order valence-electron chi connectivity index (χ3n) is 9.44. The van der Waals surface area contributed by atoms with Gasteiger partial charge in [0.05, 0.1) is 17.9 Å². The van der Waals surface area contributed by atoms with Gasteiger partial charge in [-0.1, -0.05) is 60.1 Å². The molecular weight excluding hydrogens is 702 g/mol. The van der Waals surface area contributed by atoms with E-state index in [1.165, 1.54) is 0 Å². The van der Waals surface area contributed by atoms with Crippen molar-refractivity contribution in [3.8, 4) is 22.9 Å². The van der Waals surface area contributed by atoms with Gasteiger partial charge < -0.3 is 14.7 Å². The van der Waals surface area contributed by atoms with E-state index < -0.39 is 5.91 Å². The highest BCUT2D eigenvalue weighted by Gasteiger charge is 2.23. The number of halogens is 1. The van der Waals surface area contributed by atoms with Crippen molar-refractivity contribution in [3.05, 3.63) is 144 Å². The van der Waals surface area contributed by atoms with Crippen LogP contribution in [0.4, 0.5) is 11.4 Å². The molecule has 3 aromatic heterocycles. The van der Waals surface area contributed by atoms with E-state index in [4.69, 9.17) is 21.3 Å². The second-order valence-corrected chi connectivity index (χ2v) is 13.3. The molecule has 12 heteroatoms. The Morgan fingerprint density at radius 2 is 1.57 bits per heavy atom. The number of ether oxygens (including phenoxy) is 1. The maximum Gasteiger partial charge on any atom is 0.302 e. The van der Waals surface area contributed by atoms with Gasteiger partial charge >= 0.3 is 5.91 Å². The standard InChI is InChI=1S/C42H34ClN7O4/c43-31-14-16-32(17-15-31)49-23-21-48(22-24-49)27-50-36-11-5-4-10-34(36)39(42(50)53)47-46-37(51)26-54-33-18-12-29(13-19-33)40(52)35-25-30-9-6-20-44-41(30)45-38(35)28-7-2-1-3-8-28/h1-20,25,53H,21-24,26-27H2. The molecule has 1 N–H and O–H groups in total. The largest absolute Gasteiger partial charge is 0.493 e. The van der Waals surface area contributed by atoms with E-state index in [0.717, 1.165) is 48.3 Å². The first-order valence-corrected chi connectivity index (χ1v) is 17.9. The third-order valence-corrected chi connectivity index (χ3v) is 9.70. The summed E-state index contributed by atoms with van der Waals surface area (Å²) in [7, 11) is 0. The number of azo groups is 1. The van der Waals surface area contributed by atoms with E-state index in [2.05, 4.69) is 25.0 Å². The topological polar surface area (TPSA) is 126 Å². The fourth-order valence-electron chi connectivity index (χ4n) is 6.65. The van der Waals surface area contributed by atoms with Crippen molar-refractivity contribution in [1.29, 1.82) is 0 Å². The number of carbonyl (C=O) groups excluding carboxylic acids is 2. The van der Waals surface area contributed by atoms with Crippen molar-refractivity contribution in [1.82, 2.24) is 19.4 Å². The highest BCUT2D eigenvalue weighted by atomic mass is 35.5. The highest BCUT2D eigenvalue weighted by molar-refractivity contribution is 6.30. The summed E-state index contributed by atoms with van der Waals surface area (Å²) in [6, 6.07) is 36.9. The number of carbonyl (C=O) groups is 2. The number of anilines is 1. The van der Waals surface area contributed by atoms with Crippen LogP contribution in [0, 0.1) is 0 Å². The second-order valence-electron chi connectivity index (χ2n) is 12.9. The number of nitrogens with zero attached hydrogens (tertiary/aromatic N) is 7. The van der Waals surface area contributed by atoms with Gasteiger partial charge in [0.25, 0.3) is 0 Å². The Balaban J connectivity index is 0.922. The molecule has 0 bridgehead atoms. The second kappa shape index (κ2) is 15.3. The van der Waals surface area contributed by atoms with Crippen LogP contribution in [-0.2, 0) is 11.5 Å². The lowest BCUT2D eigenvalue weighted by atomic mass is 9.97. The molecule has 11 nitrogen and oxygen atoms in total. The first-order chi connectivity index (χ1) is 26.4. The number of aromatic hydroxyl groups is 1. The van der Waals surface area contributed by atoms with Gasteiger partial charge in [-0.15, -0.1) is 10.2 Å². The first-order valence-electron chi connectivity index (χ1n) is 17.5. The Bertz CT molecular complexity index is 2500. The summed E-state index contributed by atoms with van der Waals surface area (Å²) in [4.78, 5) is 40.2. The molecule has 268 valence electrons. The molecule has 1 aliphatic heterocycles. The summed E-state index contributed by atoms with van der Waals surface area (Å²) in [5.41, 5.74) is 4.93. The highest BCUT2D eigenvalue weighted by Crippen LogP contribution is 2.39. The van der Waals surface area contributed by atoms with E-state index >= 15 is 0 Å². The van der Waals surface area contributed by atoms with E-state index in [-0.39, 0.29) is 24.0 Å². The summed E-state index contributed by atoms with van der Waals surface area (Å²) >= 11 is 6.06. The predicted molar refractivity (Wildman–Crippen MR) is 209 cm³/mol. The van der Waals surface area contributed by atoms with Gasteiger partial charge in [-0.05, 0) is 72.8 Å². The lowest BCUT2D eigenvalue weighted by Crippen LogP contribution is -2.46. The molecule has 1 saturated heterocycles. The van der Waals surface area contributed by atoms with Crippen LogP contribution in [0.2, 0.25) is 5.02 Å². The van der Waals surface area contributed by atoms with Gasteiger partial charge in [-0.2, -0.15) is 0 Å². The molecule has 0 aliphatic carbocycles. The average Bonchev–Trinajstić information content (AvgIpc) is 3.48. The minimum Gasteiger partial charge on any atom is -0.493 e. The summed E-state index contributed by atoms with van der Waals surface area (Å²) in [5, 5.41) is 21.5. The fraction of sp³-hybridized carbons (Fsp3) is 0.143. The van der Waals surface area contributed by atoms with Gasteiger partial charge in [-0.25, -0.2) is 9.97 Å². The Morgan fingerprint density at radius 1 is 0.833 bits per heavy atom. The Labute approximate surface area is 315 Å². The van der Waals surface area contributed by atoms with Crippen molar-refractivity contribution in [3.63, 3.8) is 0 Å². The van der Waals surface area contributed by atoms with E-state index in [9.17, 15) is 14.7 Å². The molecule has 0 unspecified atom stereocenters. The van der Waals surface area contributed by atoms with Crippen LogP contribution in [0.25, 0.3) is 33.2 Å². The number of para-hydroxylation sites is 1. The number of amides is 1. The lowest BCUT2D eigenvalue weighted by molar-refractivity contribution is -0.120. The number of ketones is 1. The van der Waals surface area contributed by atoms with Gasteiger partial charge in [0.1, 0.15) is 5.75 Å². The van der Waals surface area contributed by atoms with Crippen LogP contribution in [0.5, 0.6) is 11.6 Å². The van der Waals surface area contributed by atoms with Gasteiger partial charge in [0, 0.05) is 70.5 Å². The number of pyridine rings is 2. The average molecular weight is 736 g/mol. The van der Waals surface area contributed by atoms with Crippen molar-refractivity contribution in [2.45, 2.75) is 6.67 Å². The Morgan fingerprint density at radius 3 is 2.35 bits per heavy atom. The molecule has 4 aromatic carbocycles. The number of rotatable bonds is 10. The van der Waals surface area contributed by atoms with Crippen LogP contribution in [0.15, 0.2) is 138 Å². The smallest absolute Gasteiger partial charge is 0.302 e. The zero-order valence-electron chi connectivity index (χ0n) is 29.0. The number of aromatic nitrogens is 3. The van der Waals surface area contributed by atoms with Crippen molar-refractivity contribution < 1.29 is 19.4 Å². The van der Waals surface area contributed by atoms with Crippen LogP contribution in [-0.4, -0.2) is 69.0 Å². The zero-order chi connectivity index (χ0) is 37.0. The quantitative estimate of drug-likeness (QED) is 0.110. The number of benzene rings is 4. The lowest BCUT2D eigenvalue weighted by Gasteiger charge is -2.36. The molecule has 54 heavy (non-hydrogen) atoms. The van der Waals surface area contributed by atoms with Crippen molar-refractivity contribution in [2.75, 3.05) is 37.7 Å². The summed E-state index contributed by atoms with van der Waals surface area (Å²) < 4.78 is 7.49. The Kier molecular flexibility index (Phi) is 9.80. The molecular formula is C42H34ClN7O4. The monoisotopic (exact) mass is 735 g/mol. The summed E-state index contributed by atoms with van der Waals surface area (Å²) in [6.07, 6.45) is 1.67. The van der Waals surface area contributed by atoms with Crippen LogP contribution in [0.1, 0.15) is 15.9 Å². The van der Waals surface area contributed by atoms with E-state index in [1.54, 1.807) is 35.0 Å². The molecule has 0 saturated carbocycles. The number of hydrogen-bond acceptors (Lipinski definition) is 9. The molecule has 0 radical (unpaired) electrons. The molecule has 0 spiro atoms. The zero-order valence-corrected chi connectivity index (χ0v) is 29.8. The summed E-state index contributed by atoms with van der Waals surface area (Å²) in [5.74, 6) is -0.520. The number of piperazine rings is 1. The maximum atomic E-state index is 13.8. The summed E-state index contributed by atoms with van der Waals surface area (Å²) in [6.45, 7) is 3.32. The maximum absolute atomic E-state index is 13.8. The van der Waals surface area contributed by atoms with Gasteiger partial charge in [0.15, 0.2) is 23.7 Å². The number of hydrogen-bond donors (Lipinski definition) is 1. The molecule has 7 aromatic rings. The van der Waals surface area contributed by atoms with E-state index in [0.29, 0.717) is 45.3 Å². The van der Waals surface area contributed by atoms with Crippen molar-refractivity contribution >= 4 is 56.6 Å². The minimum absolute atomic E-state index is 0.0673.